The Bertz CT molecular complexity index is 750. The molecule has 0 bridgehead atoms. The first kappa shape index (κ1) is 18.9. The summed E-state index contributed by atoms with van der Waals surface area (Å²) >= 11 is 1.10. The van der Waals surface area contributed by atoms with E-state index in [0.29, 0.717) is 11.9 Å². The zero-order valence-corrected chi connectivity index (χ0v) is 15.7. The molecule has 1 aromatic heterocycles. The molecule has 0 amide bonds. The molecule has 132 valence electrons. The summed E-state index contributed by atoms with van der Waals surface area (Å²) in [4.78, 5) is 16.4. The Balaban J connectivity index is 2.29. The average Bonchev–Trinajstić information content (AvgIpc) is 2.99. The number of hydrogen-bond acceptors (Lipinski definition) is 6. The van der Waals surface area contributed by atoms with E-state index in [0.717, 1.165) is 35.3 Å². The maximum atomic E-state index is 12.9. The predicted molar refractivity (Wildman–Crippen MR) is 96.0 cm³/mol. The number of hydrogen-bond donors (Lipinski definition) is 0. The number of para-hydroxylation sites is 1. The molecule has 0 aliphatic rings. The first-order valence-corrected chi connectivity index (χ1v) is 10.6. The second-order valence-electron chi connectivity index (χ2n) is 5.58. The highest BCUT2D eigenvalue weighted by Crippen LogP contribution is 2.29. The summed E-state index contributed by atoms with van der Waals surface area (Å²) in [5.41, 5.74) is 0.634. The topological polar surface area (TPSA) is 73.3 Å². The molecule has 0 radical (unpaired) electrons. The van der Waals surface area contributed by atoms with E-state index in [2.05, 4.69) is 11.9 Å². The first-order chi connectivity index (χ1) is 11.5. The third kappa shape index (κ3) is 4.33. The van der Waals surface area contributed by atoms with Gasteiger partial charge in [-0.2, -0.15) is 0 Å². The molecule has 0 saturated heterocycles. The van der Waals surface area contributed by atoms with Crippen LogP contribution in [0.25, 0.3) is 10.2 Å². The monoisotopic (exact) mass is 369 g/mol. The molecule has 0 aliphatic carbocycles. The van der Waals surface area contributed by atoms with E-state index in [-0.39, 0.29) is 17.4 Å². The van der Waals surface area contributed by atoms with E-state index >= 15 is 0 Å². The van der Waals surface area contributed by atoms with E-state index in [1.165, 1.54) is 0 Å². The molecule has 1 unspecified atom stereocenters. The van der Waals surface area contributed by atoms with Crippen molar-refractivity contribution in [2.75, 3.05) is 6.61 Å². The number of thiazole rings is 1. The van der Waals surface area contributed by atoms with Gasteiger partial charge in [0, 0.05) is 0 Å². The lowest BCUT2D eigenvalue weighted by atomic mass is 10.1. The number of carbonyl (C=O) groups is 1. The van der Waals surface area contributed by atoms with Gasteiger partial charge in [0.25, 0.3) is 0 Å². The van der Waals surface area contributed by atoms with Crippen LogP contribution in [0.15, 0.2) is 28.6 Å². The van der Waals surface area contributed by atoms with Gasteiger partial charge in [-0.25, -0.2) is 13.4 Å². The van der Waals surface area contributed by atoms with Crippen molar-refractivity contribution in [2.45, 2.75) is 55.5 Å². The molecule has 24 heavy (non-hydrogen) atoms. The van der Waals surface area contributed by atoms with Crippen LogP contribution in [0.5, 0.6) is 0 Å². The third-order valence-electron chi connectivity index (χ3n) is 3.76. The van der Waals surface area contributed by atoms with E-state index < -0.39 is 21.1 Å². The molecule has 0 saturated carbocycles. The smallest absolute Gasteiger partial charge is 0.324 e. The molecule has 0 aliphatic heterocycles. The third-order valence-corrected chi connectivity index (χ3v) is 7.29. The van der Waals surface area contributed by atoms with Gasteiger partial charge in [-0.05, 0) is 25.5 Å². The van der Waals surface area contributed by atoms with Gasteiger partial charge in [0.1, 0.15) is 0 Å². The molecule has 2 rings (SSSR count). The van der Waals surface area contributed by atoms with Crippen LogP contribution in [0.1, 0.15) is 46.0 Å². The van der Waals surface area contributed by atoms with Crippen LogP contribution in [0, 0.1) is 0 Å². The fourth-order valence-corrected chi connectivity index (χ4v) is 5.53. The van der Waals surface area contributed by atoms with Gasteiger partial charge in [-0.1, -0.05) is 44.7 Å². The zero-order chi connectivity index (χ0) is 17.6. The molecule has 1 aromatic carbocycles. The number of rotatable bonds is 9. The van der Waals surface area contributed by atoms with E-state index in [9.17, 15) is 13.2 Å². The molecule has 0 N–H and O–H groups in total. The minimum Gasteiger partial charge on any atom is -0.465 e. The number of unbranched alkanes of at least 4 members (excludes halogenated alkanes) is 3. The number of aromatic nitrogens is 1. The van der Waals surface area contributed by atoms with Crippen LogP contribution >= 0.6 is 11.3 Å². The Labute approximate surface area is 147 Å². The predicted octanol–water partition coefficient (Wildman–Crippen LogP) is 3.97. The van der Waals surface area contributed by atoms with Crippen molar-refractivity contribution < 1.29 is 17.9 Å². The molecule has 5 nitrogen and oxygen atoms in total. The minimum absolute atomic E-state index is 0.00255. The number of fused-ring (bicyclic) bond motifs is 1. The fourth-order valence-electron chi connectivity index (χ4n) is 2.49. The van der Waals surface area contributed by atoms with Crippen LogP contribution in [0.4, 0.5) is 0 Å². The Morgan fingerprint density at radius 1 is 1.21 bits per heavy atom. The average molecular weight is 370 g/mol. The maximum Gasteiger partial charge on any atom is 0.324 e. The van der Waals surface area contributed by atoms with Crippen LogP contribution in [-0.2, 0) is 19.4 Å². The SMILES string of the molecule is CCCCCCC(C(=O)OCC)S(=O)(=O)c1nc2ccccc2s1. The highest BCUT2D eigenvalue weighted by Gasteiger charge is 2.37. The summed E-state index contributed by atoms with van der Waals surface area (Å²) in [5, 5.41) is -1.17. The van der Waals surface area contributed by atoms with Gasteiger partial charge in [0.05, 0.1) is 16.8 Å². The summed E-state index contributed by atoms with van der Waals surface area (Å²) in [5.74, 6) is -0.673. The molecule has 1 heterocycles. The maximum absolute atomic E-state index is 12.9. The van der Waals surface area contributed by atoms with E-state index in [1.807, 2.05) is 18.2 Å². The van der Waals surface area contributed by atoms with Crippen molar-refractivity contribution in [1.82, 2.24) is 4.98 Å². The number of ether oxygens (including phenoxy) is 1. The molecule has 0 spiro atoms. The van der Waals surface area contributed by atoms with Gasteiger partial charge < -0.3 is 4.74 Å². The Morgan fingerprint density at radius 2 is 1.96 bits per heavy atom. The van der Waals surface area contributed by atoms with Crippen LogP contribution in [0.2, 0.25) is 0 Å². The molecule has 7 heteroatoms. The van der Waals surface area contributed by atoms with Gasteiger partial charge >= 0.3 is 5.97 Å². The van der Waals surface area contributed by atoms with Gasteiger partial charge in [0.2, 0.25) is 14.2 Å². The second kappa shape index (κ2) is 8.58. The molecular weight excluding hydrogens is 346 g/mol. The number of sulfone groups is 1. The van der Waals surface area contributed by atoms with Gasteiger partial charge in [-0.3, -0.25) is 4.79 Å². The summed E-state index contributed by atoms with van der Waals surface area (Å²) in [6, 6.07) is 7.24. The lowest BCUT2D eigenvalue weighted by Crippen LogP contribution is -2.32. The summed E-state index contributed by atoms with van der Waals surface area (Å²) in [6.07, 6.45) is 3.94. The standard InChI is InChI=1S/C17H23NO4S2/c1-3-5-6-7-12-15(16(19)22-4-2)24(20,21)17-18-13-10-8-9-11-14(13)23-17/h8-11,15H,3-7,12H2,1-2H3. The largest absolute Gasteiger partial charge is 0.465 e. The fraction of sp³-hybridized carbons (Fsp3) is 0.529. The lowest BCUT2D eigenvalue weighted by Gasteiger charge is -2.14. The van der Waals surface area contributed by atoms with Crippen molar-refractivity contribution in [2.24, 2.45) is 0 Å². The normalized spacial score (nSPS) is 13.1. The van der Waals surface area contributed by atoms with E-state index in [1.54, 1.807) is 13.0 Å². The number of nitrogens with zero attached hydrogens (tertiary/aromatic N) is 1. The van der Waals surface area contributed by atoms with Gasteiger partial charge in [-0.15, -0.1) is 11.3 Å². The Morgan fingerprint density at radius 3 is 2.62 bits per heavy atom. The second-order valence-corrected chi connectivity index (χ2v) is 8.92. The molecular formula is C17H23NO4S2. The summed E-state index contributed by atoms with van der Waals surface area (Å²) in [6.45, 7) is 3.93. The Hall–Kier alpha value is -1.47. The summed E-state index contributed by atoms with van der Waals surface area (Å²) in [7, 11) is -3.84. The van der Waals surface area contributed by atoms with Crippen LogP contribution in [0.3, 0.4) is 0 Å². The first-order valence-electron chi connectivity index (χ1n) is 8.26. The molecule has 1 atom stereocenters. The number of esters is 1. The quantitative estimate of drug-likeness (QED) is 0.494. The highest BCUT2D eigenvalue weighted by molar-refractivity contribution is 7.94. The molecule has 2 aromatic rings. The molecule has 0 fully saturated rings. The van der Waals surface area contributed by atoms with Crippen molar-refractivity contribution in [3.05, 3.63) is 24.3 Å². The zero-order valence-electron chi connectivity index (χ0n) is 14.0. The Kier molecular flexibility index (Phi) is 6.74. The van der Waals surface area contributed by atoms with Crippen LogP contribution < -0.4 is 0 Å². The van der Waals surface area contributed by atoms with Crippen molar-refractivity contribution in [3.63, 3.8) is 0 Å². The van der Waals surface area contributed by atoms with Gasteiger partial charge in [0.15, 0.2) is 5.25 Å². The van der Waals surface area contributed by atoms with Crippen LogP contribution in [-0.4, -0.2) is 31.2 Å². The summed E-state index contributed by atoms with van der Waals surface area (Å²) < 4.78 is 31.7. The number of carbonyl (C=O) groups excluding carboxylic acids is 1. The highest BCUT2D eigenvalue weighted by atomic mass is 32.2. The van der Waals surface area contributed by atoms with Crippen molar-refractivity contribution in [3.8, 4) is 0 Å². The lowest BCUT2D eigenvalue weighted by molar-refractivity contribution is -0.142. The number of benzene rings is 1. The van der Waals surface area contributed by atoms with E-state index in [4.69, 9.17) is 4.74 Å². The minimum atomic E-state index is -3.84. The van der Waals surface area contributed by atoms with Crippen molar-refractivity contribution >= 4 is 37.4 Å². The van der Waals surface area contributed by atoms with Crippen molar-refractivity contribution in [1.29, 1.82) is 0 Å².